The second kappa shape index (κ2) is 6.09. The van der Waals surface area contributed by atoms with E-state index in [4.69, 9.17) is 4.74 Å². The topological polar surface area (TPSA) is 26.3 Å². The first-order chi connectivity index (χ1) is 6.74. The molecule has 0 amide bonds. The Kier molecular flexibility index (Phi) is 5.04. The molecule has 1 aromatic carbocycles. The molecule has 0 heterocycles. The van der Waals surface area contributed by atoms with E-state index in [9.17, 15) is 4.79 Å². The Labute approximate surface area is 96.2 Å². The summed E-state index contributed by atoms with van der Waals surface area (Å²) >= 11 is 4.78. The predicted octanol–water partition coefficient (Wildman–Crippen LogP) is 3.28. The van der Waals surface area contributed by atoms with Crippen molar-refractivity contribution in [1.29, 1.82) is 0 Å². The van der Waals surface area contributed by atoms with Crippen molar-refractivity contribution >= 4 is 33.7 Å². The van der Waals surface area contributed by atoms with Gasteiger partial charge < -0.3 is 4.74 Å². The third kappa shape index (κ3) is 3.72. The quantitative estimate of drug-likeness (QED) is 0.479. The molecule has 0 radical (unpaired) electrons. The van der Waals surface area contributed by atoms with Crippen molar-refractivity contribution in [2.24, 2.45) is 0 Å². The molecule has 1 rings (SSSR count). The Hall–Kier alpha value is -0.480. The highest BCUT2D eigenvalue weighted by Gasteiger charge is 2.11. The minimum atomic E-state index is -0.298. The van der Waals surface area contributed by atoms with Crippen molar-refractivity contribution < 1.29 is 9.53 Å². The highest BCUT2D eigenvalue weighted by molar-refractivity contribution is 9.11. The molecule has 2 nitrogen and oxygen atoms in total. The van der Waals surface area contributed by atoms with Crippen LogP contribution in [0, 0.1) is 0 Å². The number of ether oxygens (including phenoxy) is 1. The first-order valence-electron chi connectivity index (χ1n) is 4.25. The molecule has 0 aliphatic rings. The Morgan fingerprint density at radius 3 is 2.71 bits per heavy atom. The van der Waals surface area contributed by atoms with Crippen LogP contribution in [0.15, 0.2) is 30.3 Å². The standard InChI is InChI=1S/C10H11BrO2S/c1-2-14-10(11)13-9(12)8-6-4-3-5-7-8/h3-7,10H,2H2,1H3. The third-order valence-electron chi connectivity index (χ3n) is 1.51. The molecule has 0 saturated carbocycles. The largest absolute Gasteiger partial charge is 0.437 e. The lowest BCUT2D eigenvalue weighted by Gasteiger charge is -2.09. The van der Waals surface area contributed by atoms with Crippen molar-refractivity contribution in [2.45, 2.75) is 11.3 Å². The maximum atomic E-state index is 11.5. The maximum absolute atomic E-state index is 11.5. The molecule has 0 bridgehead atoms. The number of alkyl halides is 1. The van der Waals surface area contributed by atoms with Crippen LogP contribution in [0.25, 0.3) is 0 Å². The van der Waals surface area contributed by atoms with Gasteiger partial charge >= 0.3 is 5.97 Å². The van der Waals surface area contributed by atoms with Crippen LogP contribution in [-0.4, -0.2) is 16.1 Å². The van der Waals surface area contributed by atoms with E-state index in [2.05, 4.69) is 15.9 Å². The SMILES string of the molecule is CCSC(Br)OC(=O)c1ccccc1. The van der Waals surface area contributed by atoms with Gasteiger partial charge in [-0.05, 0) is 33.8 Å². The lowest BCUT2D eigenvalue weighted by molar-refractivity contribution is 0.0555. The van der Waals surface area contributed by atoms with Crippen molar-refractivity contribution in [1.82, 2.24) is 0 Å². The van der Waals surface area contributed by atoms with Crippen LogP contribution in [0.2, 0.25) is 0 Å². The van der Waals surface area contributed by atoms with Crippen molar-refractivity contribution in [2.75, 3.05) is 5.75 Å². The van der Waals surface area contributed by atoms with Crippen molar-refractivity contribution in [3.8, 4) is 0 Å². The van der Waals surface area contributed by atoms with E-state index in [0.717, 1.165) is 5.75 Å². The van der Waals surface area contributed by atoms with Gasteiger partial charge in [0.25, 0.3) is 0 Å². The van der Waals surface area contributed by atoms with Gasteiger partial charge in [-0.1, -0.05) is 25.1 Å². The minimum Gasteiger partial charge on any atom is -0.437 e. The molecule has 0 aliphatic heterocycles. The van der Waals surface area contributed by atoms with E-state index in [0.29, 0.717) is 5.56 Å². The highest BCUT2D eigenvalue weighted by Crippen LogP contribution is 2.19. The van der Waals surface area contributed by atoms with Gasteiger partial charge in [0.05, 0.1) is 5.56 Å². The van der Waals surface area contributed by atoms with E-state index < -0.39 is 0 Å². The zero-order chi connectivity index (χ0) is 10.4. The summed E-state index contributed by atoms with van der Waals surface area (Å²) in [5.41, 5.74) is 0.577. The van der Waals surface area contributed by atoms with E-state index >= 15 is 0 Å². The van der Waals surface area contributed by atoms with Crippen LogP contribution >= 0.6 is 27.7 Å². The summed E-state index contributed by atoms with van der Waals surface area (Å²) in [6, 6.07) is 8.96. The van der Waals surface area contributed by atoms with Crippen LogP contribution in [0.3, 0.4) is 0 Å². The fourth-order valence-electron chi connectivity index (χ4n) is 0.891. The fraction of sp³-hybridized carbons (Fsp3) is 0.300. The molecule has 4 heteroatoms. The summed E-state index contributed by atoms with van der Waals surface area (Å²) in [5.74, 6) is 0.603. The maximum Gasteiger partial charge on any atom is 0.339 e. The molecular formula is C10H11BrO2S. The molecular weight excluding hydrogens is 264 g/mol. The molecule has 1 aromatic rings. The molecule has 0 N–H and O–H groups in total. The summed E-state index contributed by atoms with van der Waals surface area (Å²) in [5, 5.41) is 0. The highest BCUT2D eigenvalue weighted by atomic mass is 79.9. The Morgan fingerprint density at radius 1 is 1.50 bits per heavy atom. The number of hydrogen-bond donors (Lipinski definition) is 0. The normalized spacial score (nSPS) is 12.1. The molecule has 14 heavy (non-hydrogen) atoms. The van der Waals surface area contributed by atoms with Crippen molar-refractivity contribution in [3.63, 3.8) is 0 Å². The average molecular weight is 275 g/mol. The first kappa shape index (κ1) is 11.6. The number of carbonyl (C=O) groups excluding carboxylic acids is 1. The summed E-state index contributed by atoms with van der Waals surface area (Å²) < 4.78 is 4.85. The number of halogens is 1. The van der Waals surface area contributed by atoms with Crippen LogP contribution in [0.1, 0.15) is 17.3 Å². The van der Waals surface area contributed by atoms with Gasteiger partial charge in [0.15, 0.2) is 0 Å². The zero-order valence-electron chi connectivity index (χ0n) is 7.77. The average Bonchev–Trinajstić information content (AvgIpc) is 2.19. The number of benzene rings is 1. The fourth-order valence-corrected chi connectivity index (χ4v) is 2.27. The van der Waals surface area contributed by atoms with Gasteiger partial charge in [-0.3, -0.25) is 0 Å². The zero-order valence-corrected chi connectivity index (χ0v) is 10.2. The second-order valence-electron chi connectivity index (χ2n) is 2.50. The number of hydrogen-bond acceptors (Lipinski definition) is 3. The van der Waals surface area contributed by atoms with Gasteiger partial charge in [-0.2, -0.15) is 0 Å². The number of esters is 1. The molecule has 0 fully saturated rings. The number of carbonyl (C=O) groups is 1. The third-order valence-corrected chi connectivity index (χ3v) is 3.18. The lowest BCUT2D eigenvalue weighted by Crippen LogP contribution is -2.09. The summed E-state index contributed by atoms with van der Waals surface area (Å²) in [4.78, 5) is 11.5. The minimum absolute atomic E-state index is 0.264. The van der Waals surface area contributed by atoms with E-state index in [-0.39, 0.29) is 10.3 Å². The van der Waals surface area contributed by atoms with Gasteiger partial charge in [0.2, 0.25) is 4.35 Å². The van der Waals surface area contributed by atoms with Gasteiger partial charge in [0.1, 0.15) is 0 Å². The van der Waals surface area contributed by atoms with E-state index in [1.54, 1.807) is 12.1 Å². The molecule has 0 saturated heterocycles. The lowest BCUT2D eigenvalue weighted by atomic mass is 10.2. The first-order valence-corrected chi connectivity index (χ1v) is 6.22. The molecule has 76 valence electrons. The van der Waals surface area contributed by atoms with Gasteiger partial charge in [0, 0.05) is 0 Å². The Bertz CT molecular complexity index is 289. The monoisotopic (exact) mass is 274 g/mol. The molecule has 1 atom stereocenters. The summed E-state index contributed by atoms with van der Waals surface area (Å²) in [7, 11) is 0. The molecule has 1 unspecified atom stereocenters. The summed E-state index contributed by atoms with van der Waals surface area (Å²) in [6.45, 7) is 2.01. The Morgan fingerprint density at radius 2 is 2.14 bits per heavy atom. The Balaban J connectivity index is 2.51. The molecule has 0 aromatic heterocycles. The van der Waals surface area contributed by atoms with Crippen molar-refractivity contribution in [3.05, 3.63) is 35.9 Å². The van der Waals surface area contributed by atoms with E-state index in [1.165, 1.54) is 11.8 Å². The summed E-state index contributed by atoms with van der Waals surface area (Å²) in [6.07, 6.45) is 0. The number of thioether (sulfide) groups is 1. The van der Waals surface area contributed by atoms with Crippen LogP contribution < -0.4 is 0 Å². The van der Waals surface area contributed by atoms with E-state index in [1.807, 2.05) is 25.1 Å². The van der Waals surface area contributed by atoms with Gasteiger partial charge in [-0.15, -0.1) is 11.8 Å². The smallest absolute Gasteiger partial charge is 0.339 e. The predicted molar refractivity (Wildman–Crippen MR) is 62.7 cm³/mol. The number of rotatable bonds is 4. The van der Waals surface area contributed by atoms with Crippen LogP contribution in [0.5, 0.6) is 0 Å². The molecule has 0 spiro atoms. The van der Waals surface area contributed by atoms with Crippen LogP contribution in [-0.2, 0) is 4.74 Å². The van der Waals surface area contributed by atoms with Gasteiger partial charge in [-0.25, -0.2) is 4.79 Å². The molecule has 0 aliphatic carbocycles. The van der Waals surface area contributed by atoms with Crippen LogP contribution in [0.4, 0.5) is 0 Å². The second-order valence-corrected chi connectivity index (χ2v) is 5.28.